The van der Waals surface area contributed by atoms with E-state index in [0.29, 0.717) is 36.3 Å². The van der Waals surface area contributed by atoms with Crippen LogP contribution in [-0.4, -0.2) is 62.1 Å². The van der Waals surface area contributed by atoms with Crippen molar-refractivity contribution in [2.24, 2.45) is 0 Å². The number of rotatable bonds is 4. The number of likely N-dealkylation sites (N-methyl/N-ethyl adjacent to an activating group) is 1. The first-order valence-electron chi connectivity index (χ1n) is 7.19. The number of likely N-dealkylation sites (tertiary alicyclic amines) is 1. The van der Waals surface area contributed by atoms with Crippen LogP contribution in [0.5, 0.6) is 0 Å². The third-order valence-corrected chi connectivity index (χ3v) is 3.94. The predicted octanol–water partition coefficient (Wildman–Crippen LogP) is 0.128. The number of aromatic amines is 1. The largest absolute Gasteiger partial charge is 0.384 e. The zero-order valence-electron chi connectivity index (χ0n) is 12.4. The van der Waals surface area contributed by atoms with Crippen molar-refractivity contribution < 1.29 is 4.79 Å². The van der Waals surface area contributed by atoms with Gasteiger partial charge in [-0.05, 0) is 19.5 Å². The molecule has 0 radical (unpaired) electrons. The quantitative estimate of drug-likeness (QED) is 0.832. The Hall–Kier alpha value is -2.48. The van der Waals surface area contributed by atoms with E-state index < -0.39 is 0 Å². The summed E-state index contributed by atoms with van der Waals surface area (Å²) in [5.74, 6) is 1.19. The molecule has 0 aliphatic carbocycles. The molecule has 116 valence electrons. The van der Waals surface area contributed by atoms with Gasteiger partial charge in [0.15, 0.2) is 0 Å². The number of nitrogens with one attached hydrogen (secondary N) is 1. The number of anilines is 1. The van der Waals surface area contributed by atoms with E-state index in [4.69, 9.17) is 5.73 Å². The van der Waals surface area contributed by atoms with Crippen LogP contribution < -0.4 is 5.73 Å². The van der Waals surface area contributed by atoms with Crippen molar-refractivity contribution in [1.29, 1.82) is 0 Å². The Morgan fingerprint density at radius 2 is 2.45 bits per heavy atom. The molecule has 1 aliphatic rings. The molecule has 0 bridgehead atoms. The van der Waals surface area contributed by atoms with E-state index in [1.807, 2.05) is 11.9 Å². The van der Waals surface area contributed by atoms with Gasteiger partial charge in [-0.25, -0.2) is 9.97 Å². The Balaban J connectivity index is 1.59. The van der Waals surface area contributed by atoms with Crippen molar-refractivity contribution in [3.05, 3.63) is 36.0 Å². The molecule has 1 unspecified atom stereocenters. The monoisotopic (exact) mass is 301 g/mol. The van der Waals surface area contributed by atoms with E-state index >= 15 is 0 Å². The number of nitrogens with two attached hydrogens (primary N) is 1. The summed E-state index contributed by atoms with van der Waals surface area (Å²) in [4.78, 5) is 24.7. The van der Waals surface area contributed by atoms with Gasteiger partial charge in [0.25, 0.3) is 5.91 Å². The molecule has 8 nitrogen and oxygen atoms in total. The van der Waals surface area contributed by atoms with E-state index in [0.717, 1.165) is 13.0 Å². The van der Waals surface area contributed by atoms with Crippen LogP contribution in [0.1, 0.15) is 22.6 Å². The highest BCUT2D eigenvalue weighted by atomic mass is 16.2. The SMILES string of the molecule is CN(Cc1nccc(N)n1)C1CCN(C(=O)c2cn[nH]c2)C1. The van der Waals surface area contributed by atoms with Gasteiger partial charge < -0.3 is 10.6 Å². The molecule has 0 spiro atoms. The normalized spacial score (nSPS) is 18.1. The van der Waals surface area contributed by atoms with Crippen LogP contribution in [0.25, 0.3) is 0 Å². The topological polar surface area (TPSA) is 104 Å². The van der Waals surface area contributed by atoms with Crippen LogP contribution >= 0.6 is 0 Å². The number of nitrogen functional groups attached to an aromatic ring is 1. The van der Waals surface area contributed by atoms with Crippen molar-refractivity contribution in [3.63, 3.8) is 0 Å². The van der Waals surface area contributed by atoms with E-state index in [9.17, 15) is 4.79 Å². The number of H-pyrrole nitrogens is 1. The summed E-state index contributed by atoms with van der Waals surface area (Å²) in [6.07, 6.45) is 5.78. The molecule has 1 amide bonds. The summed E-state index contributed by atoms with van der Waals surface area (Å²) in [5, 5.41) is 6.49. The molecule has 1 fully saturated rings. The smallest absolute Gasteiger partial charge is 0.257 e. The fraction of sp³-hybridized carbons (Fsp3) is 0.429. The molecule has 2 aromatic heterocycles. The molecular formula is C14H19N7O. The van der Waals surface area contributed by atoms with Gasteiger partial charge in [0.2, 0.25) is 0 Å². The maximum Gasteiger partial charge on any atom is 0.257 e. The van der Waals surface area contributed by atoms with E-state index in [2.05, 4.69) is 25.1 Å². The second-order valence-corrected chi connectivity index (χ2v) is 5.49. The molecule has 22 heavy (non-hydrogen) atoms. The summed E-state index contributed by atoms with van der Waals surface area (Å²) < 4.78 is 0. The van der Waals surface area contributed by atoms with E-state index in [-0.39, 0.29) is 5.91 Å². The maximum atomic E-state index is 12.3. The van der Waals surface area contributed by atoms with Gasteiger partial charge in [-0.2, -0.15) is 5.10 Å². The van der Waals surface area contributed by atoms with Gasteiger partial charge in [-0.3, -0.25) is 14.8 Å². The molecule has 1 saturated heterocycles. The average Bonchev–Trinajstić information content (AvgIpc) is 3.18. The minimum Gasteiger partial charge on any atom is -0.384 e. The third-order valence-electron chi connectivity index (χ3n) is 3.94. The molecule has 3 rings (SSSR count). The van der Waals surface area contributed by atoms with Crippen LogP contribution in [-0.2, 0) is 6.54 Å². The Bertz CT molecular complexity index is 642. The first-order chi connectivity index (χ1) is 10.6. The van der Waals surface area contributed by atoms with Gasteiger partial charge in [-0.15, -0.1) is 0 Å². The first-order valence-corrected chi connectivity index (χ1v) is 7.19. The Kier molecular flexibility index (Phi) is 4.01. The van der Waals surface area contributed by atoms with Crippen molar-refractivity contribution in [2.75, 3.05) is 25.9 Å². The highest BCUT2D eigenvalue weighted by Gasteiger charge is 2.29. The average molecular weight is 301 g/mol. The predicted molar refractivity (Wildman–Crippen MR) is 80.8 cm³/mol. The number of hydrogen-bond acceptors (Lipinski definition) is 6. The summed E-state index contributed by atoms with van der Waals surface area (Å²) in [7, 11) is 2.02. The van der Waals surface area contributed by atoms with Crippen LogP contribution in [0, 0.1) is 0 Å². The van der Waals surface area contributed by atoms with Crippen LogP contribution in [0.2, 0.25) is 0 Å². The molecule has 1 atom stereocenters. The number of aromatic nitrogens is 4. The standard InChI is InChI=1S/C14H19N7O/c1-20(9-13-16-4-2-12(15)19-13)11-3-5-21(8-11)14(22)10-6-17-18-7-10/h2,4,6-7,11H,3,5,8-9H2,1H3,(H,17,18)(H2,15,16,19). The maximum absolute atomic E-state index is 12.3. The molecular weight excluding hydrogens is 282 g/mol. The first kappa shape index (κ1) is 14.5. The van der Waals surface area contributed by atoms with Crippen LogP contribution in [0.4, 0.5) is 5.82 Å². The molecule has 2 aromatic rings. The minimum absolute atomic E-state index is 0.0184. The lowest BCUT2D eigenvalue weighted by molar-refractivity contribution is 0.0779. The number of carbonyl (C=O) groups excluding carboxylic acids is 1. The molecule has 3 heterocycles. The van der Waals surface area contributed by atoms with Crippen molar-refractivity contribution in [2.45, 2.75) is 19.0 Å². The molecule has 0 saturated carbocycles. The van der Waals surface area contributed by atoms with Gasteiger partial charge in [-0.1, -0.05) is 0 Å². The van der Waals surface area contributed by atoms with Gasteiger partial charge in [0.1, 0.15) is 11.6 Å². The summed E-state index contributed by atoms with van der Waals surface area (Å²) >= 11 is 0. The molecule has 3 N–H and O–H groups in total. The Morgan fingerprint density at radius 1 is 1.59 bits per heavy atom. The van der Waals surface area contributed by atoms with Crippen molar-refractivity contribution in [1.82, 2.24) is 30.0 Å². The third kappa shape index (κ3) is 3.06. The molecule has 8 heteroatoms. The Morgan fingerprint density at radius 3 is 3.18 bits per heavy atom. The zero-order chi connectivity index (χ0) is 15.5. The van der Waals surface area contributed by atoms with E-state index in [1.54, 1.807) is 24.7 Å². The van der Waals surface area contributed by atoms with Gasteiger partial charge >= 0.3 is 0 Å². The Labute approximate surface area is 128 Å². The highest BCUT2D eigenvalue weighted by molar-refractivity contribution is 5.93. The molecule has 1 aliphatic heterocycles. The number of amides is 1. The fourth-order valence-electron chi connectivity index (χ4n) is 2.68. The summed E-state index contributed by atoms with van der Waals surface area (Å²) in [6.45, 7) is 2.06. The second kappa shape index (κ2) is 6.10. The van der Waals surface area contributed by atoms with Crippen molar-refractivity contribution >= 4 is 11.7 Å². The van der Waals surface area contributed by atoms with Crippen molar-refractivity contribution in [3.8, 4) is 0 Å². The van der Waals surface area contributed by atoms with Crippen LogP contribution in [0.15, 0.2) is 24.7 Å². The van der Waals surface area contributed by atoms with Gasteiger partial charge in [0.05, 0.1) is 18.3 Å². The lowest BCUT2D eigenvalue weighted by atomic mass is 10.2. The minimum atomic E-state index is 0.0184. The molecule has 0 aromatic carbocycles. The summed E-state index contributed by atoms with van der Waals surface area (Å²) in [6, 6.07) is 1.96. The fourth-order valence-corrected chi connectivity index (χ4v) is 2.68. The number of hydrogen-bond donors (Lipinski definition) is 2. The van der Waals surface area contributed by atoms with Gasteiger partial charge in [0, 0.05) is 31.5 Å². The van der Waals surface area contributed by atoms with E-state index in [1.165, 1.54) is 0 Å². The highest BCUT2D eigenvalue weighted by Crippen LogP contribution is 2.18. The zero-order valence-corrected chi connectivity index (χ0v) is 12.4. The number of carbonyl (C=O) groups is 1. The van der Waals surface area contributed by atoms with Crippen LogP contribution in [0.3, 0.4) is 0 Å². The lowest BCUT2D eigenvalue weighted by Crippen LogP contribution is -2.36. The lowest BCUT2D eigenvalue weighted by Gasteiger charge is -2.23. The summed E-state index contributed by atoms with van der Waals surface area (Å²) in [5.41, 5.74) is 6.27. The number of nitrogens with zero attached hydrogens (tertiary/aromatic N) is 5. The second-order valence-electron chi connectivity index (χ2n) is 5.49.